The number of hydrogen-bond donors (Lipinski definition) is 1. The molecular formula is C14H18N4O3S. The zero-order chi connectivity index (χ0) is 16.3. The molecule has 0 spiro atoms. The van der Waals surface area contributed by atoms with Gasteiger partial charge in [0.1, 0.15) is 11.8 Å². The predicted molar refractivity (Wildman–Crippen MR) is 82.0 cm³/mol. The molecule has 118 valence electrons. The molecule has 0 radical (unpaired) electrons. The molecule has 2 heterocycles. The van der Waals surface area contributed by atoms with Crippen molar-refractivity contribution >= 4 is 22.0 Å². The highest BCUT2D eigenvalue weighted by atomic mass is 32.2. The van der Waals surface area contributed by atoms with Crippen molar-refractivity contribution < 1.29 is 13.2 Å². The molecule has 0 aliphatic carbocycles. The first-order valence-electron chi connectivity index (χ1n) is 6.91. The van der Waals surface area contributed by atoms with Gasteiger partial charge in [-0.25, -0.2) is 13.8 Å². The second kappa shape index (κ2) is 6.32. The zero-order valence-corrected chi connectivity index (χ0v) is 13.4. The number of nitrogens with zero attached hydrogens (tertiary/aromatic N) is 3. The molecule has 22 heavy (non-hydrogen) atoms. The van der Waals surface area contributed by atoms with E-state index in [1.165, 1.54) is 6.21 Å². The van der Waals surface area contributed by atoms with Crippen molar-refractivity contribution in [3.05, 3.63) is 23.0 Å². The van der Waals surface area contributed by atoms with Crippen LogP contribution in [0.2, 0.25) is 0 Å². The van der Waals surface area contributed by atoms with E-state index < -0.39 is 9.84 Å². The molecule has 0 bridgehead atoms. The molecular weight excluding hydrogens is 304 g/mol. The van der Waals surface area contributed by atoms with Gasteiger partial charge in [0.25, 0.3) is 0 Å². The quantitative estimate of drug-likeness (QED) is 0.643. The van der Waals surface area contributed by atoms with Gasteiger partial charge in [-0.2, -0.15) is 10.4 Å². The van der Waals surface area contributed by atoms with Crippen LogP contribution in [0.1, 0.15) is 29.8 Å². The summed E-state index contributed by atoms with van der Waals surface area (Å²) in [7, 11) is -1.18. The average Bonchev–Trinajstić information content (AvgIpc) is 2.92. The minimum Gasteiger partial charge on any atom is -0.339 e. The summed E-state index contributed by atoms with van der Waals surface area (Å²) in [6, 6.07) is 3.76. The van der Waals surface area contributed by atoms with E-state index in [1.54, 1.807) is 17.7 Å². The molecule has 0 saturated carbocycles. The van der Waals surface area contributed by atoms with E-state index >= 15 is 0 Å². The number of amides is 1. The summed E-state index contributed by atoms with van der Waals surface area (Å²) in [5, 5.41) is 12.8. The van der Waals surface area contributed by atoms with Crippen LogP contribution in [0.4, 0.5) is 0 Å². The van der Waals surface area contributed by atoms with E-state index in [9.17, 15) is 13.2 Å². The zero-order valence-electron chi connectivity index (χ0n) is 12.5. The van der Waals surface area contributed by atoms with E-state index in [-0.39, 0.29) is 29.8 Å². The molecule has 1 saturated heterocycles. The monoisotopic (exact) mass is 322 g/mol. The maximum Gasteiger partial charge on any atom is 0.240 e. The fourth-order valence-electron chi connectivity index (χ4n) is 2.48. The first-order valence-corrected chi connectivity index (χ1v) is 8.73. The van der Waals surface area contributed by atoms with E-state index in [1.807, 2.05) is 6.92 Å². The number of hydrogen-bond acceptors (Lipinski definition) is 5. The van der Waals surface area contributed by atoms with Crippen LogP contribution in [-0.4, -0.2) is 36.6 Å². The highest BCUT2D eigenvalue weighted by Crippen LogP contribution is 2.21. The Labute approximate surface area is 129 Å². The number of nitriles is 1. The first kappa shape index (κ1) is 16.2. The molecule has 1 N–H and O–H groups in total. The van der Waals surface area contributed by atoms with E-state index in [2.05, 4.69) is 16.6 Å². The molecule has 7 nitrogen and oxygen atoms in total. The Bertz CT molecular complexity index is 756. The van der Waals surface area contributed by atoms with Crippen molar-refractivity contribution in [1.82, 2.24) is 9.99 Å². The maximum atomic E-state index is 11.7. The molecule has 0 unspecified atom stereocenters. The van der Waals surface area contributed by atoms with Crippen LogP contribution in [0.3, 0.4) is 0 Å². The number of hydrazone groups is 1. The normalized spacial score (nSPS) is 20.1. The van der Waals surface area contributed by atoms with Gasteiger partial charge in [0.05, 0.1) is 17.7 Å². The standard InChI is InChI=1S/C14H18N4O3S/c1-10-12(6-13(7-15)18(10)2)8-16-17-14(19)5-11-3-4-22(20,21)9-11/h6,8,11H,3-5,9H2,1-2H3,(H,17,19)/b16-8-/t11-/m0/s1. The molecule has 8 heteroatoms. The fraction of sp³-hybridized carbons (Fsp3) is 0.500. The lowest BCUT2D eigenvalue weighted by molar-refractivity contribution is -0.121. The number of sulfone groups is 1. The smallest absolute Gasteiger partial charge is 0.240 e. The Kier molecular flexibility index (Phi) is 4.66. The number of rotatable bonds is 4. The van der Waals surface area contributed by atoms with E-state index in [4.69, 9.17) is 5.26 Å². The Morgan fingerprint density at radius 2 is 2.36 bits per heavy atom. The molecule has 1 amide bonds. The third kappa shape index (κ3) is 3.74. The molecule has 1 aromatic rings. The fourth-order valence-corrected chi connectivity index (χ4v) is 4.34. The number of carbonyl (C=O) groups excluding carboxylic acids is 1. The third-order valence-electron chi connectivity index (χ3n) is 3.88. The molecule has 1 aliphatic rings. The maximum absolute atomic E-state index is 11.7. The van der Waals surface area contributed by atoms with Crippen LogP contribution >= 0.6 is 0 Å². The molecule has 1 aliphatic heterocycles. The highest BCUT2D eigenvalue weighted by Gasteiger charge is 2.29. The highest BCUT2D eigenvalue weighted by molar-refractivity contribution is 7.91. The topological polar surface area (TPSA) is 104 Å². The third-order valence-corrected chi connectivity index (χ3v) is 5.72. The van der Waals surface area contributed by atoms with Gasteiger partial charge < -0.3 is 4.57 Å². The lowest BCUT2D eigenvalue weighted by atomic mass is 10.1. The summed E-state index contributed by atoms with van der Waals surface area (Å²) in [4.78, 5) is 11.7. The summed E-state index contributed by atoms with van der Waals surface area (Å²) < 4.78 is 24.4. The largest absolute Gasteiger partial charge is 0.339 e. The van der Waals surface area contributed by atoms with E-state index in [0.717, 1.165) is 11.3 Å². The molecule has 1 atom stereocenters. The van der Waals surface area contributed by atoms with Crippen LogP contribution in [0.5, 0.6) is 0 Å². The summed E-state index contributed by atoms with van der Waals surface area (Å²) in [6.07, 6.45) is 2.18. The second-order valence-electron chi connectivity index (χ2n) is 5.51. The second-order valence-corrected chi connectivity index (χ2v) is 7.74. The molecule has 1 fully saturated rings. The number of nitrogens with one attached hydrogen (secondary N) is 1. The Morgan fingerprint density at radius 3 is 2.91 bits per heavy atom. The first-order chi connectivity index (χ1) is 10.3. The number of aromatic nitrogens is 1. The van der Waals surface area contributed by atoms with Crippen LogP contribution in [0.15, 0.2) is 11.2 Å². The predicted octanol–water partition coefficient (Wildman–Crippen LogP) is 0.480. The van der Waals surface area contributed by atoms with Gasteiger partial charge in [-0.15, -0.1) is 0 Å². The van der Waals surface area contributed by atoms with Gasteiger partial charge in [0.15, 0.2) is 9.84 Å². The van der Waals surface area contributed by atoms with Gasteiger partial charge >= 0.3 is 0 Å². The summed E-state index contributed by atoms with van der Waals surface area (Å²) in [5.41, 5.74) is 4.54. The lowest BCUT2D eigenvalue weighted by Gasteiger charge is -2.05. The van der Waals surface area contributed by atoms with Gasteiger partial charge in [0, 0.05) is 24.7 Å². The van der Waals surface area contributed by atoms with Crippen molar-refractivity contribution in [2.45, 2.75) is 19.8 Å². The van der Waals surface area contributed by atoms with Crippen molar-refractivity contribution in [2.75, 3.05) is 11.5 Å². The van der Waals surface area contributed by atoms with Crippen molar-refractivity contribution in [1.29, 1.82) is 5.26 Å². The lowest BCUT2D eigenvalue weighted by Crippen LogP contribution is -2.21. The average molecular weight is 322 g/mol. The summed E-state index contributed by atoms with van der Waals surface area (Å²) in [6.45, 7) is 1.85. The molecule has 1 aromatic heterocycles. The van der Waals surface area contributed by atoms with Gasteiger partial charge in [0.2, 0.25) is 5.91 Å². The van der Waals surface area contributed by atoms with Crippen molar-refractivity contribution in [3.63, 3.8) is 0 Å². The minimum atomic E-state index is -2.97. The van der Waals surface area contributed by atoms with Crippen LogP contribution in [0, 0.1) is 24.2 Å². The van der Waals surface area contributed by atoms with Gasteiger partial charge in [-0.05, 0) is 25.3 Å². The van der Waals surface area contributed by atoms with Crippen molar-refractivity contribution in [2.24, 2.45) is 18.1 Å². The SMILES string of the molecule is Cc1c(/C=N\NC(=O)C[C@@H]2CCS(=O)(=O)C2)cc(C#N)n1C. The minimum absolute atomic E-state index is 0.0768. The molecule has 2 rings (SSSR count). The van der Waals surface area contributed by atoms with Crippen LogP contribution in [0.25, 0.3) is 0 Å². The van der Waals surface area contributed by atoms with Crippen LogP contribution < -0.4 is 5.43 Å². The van der Waals surface area contributed by atoms with Crippen LogP contribution in [-0.2, 0) is 21.7 Å². The summed E-state index contributed by atoms with van der Waals surface area (Å²) in [5.74, 6) is -0.182. The van der Waals surface area contributed by atoms with Gasteiger partial charge in [-0.1, -0.05) is 0 Å². The van der Waals surface area contributed by atoms with Crippen molar-refractivity contribution in [3.8, 4) is 6.07 Å². The Balaban J connectivity index is 1.90. The van der Waals surface area contributed by atoms with E-state index in [0.29, 0.717) is 12.1 Å². The number of carbonyl (C=O) groups is 1. The van der Waals surface area contributed by atoms with Gasteiger partial charge in [-0.3, -0.25) is 4.79 Å². The Hall–Kier alpha value is -2.14. The summed E-state index contributed by atoms with van der Waals surface area (Å²) >= 11 is 0. The Morgan fingerprint density at radius 1 is 1.64 bits per heavy atom. The molecule has 0 aromatic carbocycles.